The van der Waals surface area contributed by atoms with E-state index in [2.05, 4.69) is 36.2 Å². The number of fused-ring (bicyclic) bond motifs is 1. The average Bonchev–Trinajstić information content (AvgIpc) is 3.08. The zero-order valence-electron chi connectivity index (χ0n) is 12.4. The van der Waals surface area contributed by atoms with Crippen molar-refractivity contribution in [2.45, 2.75) is 45.3 Å². The molecule has 20 heavy (non-hydrogen) atoms. The normalized spacial score (nSPS) is 19.5. The Kier molecular flexibility index (Phi) is 4.08. The van der Waals surface area contributed by atoms with Gasteiger partial charge in [-0.3, -0.25) is 4.90 Å². The summed E-state index contributed by atoms with van der Waals surface area (Å²) in [7, 11) is 0. The van der Waals surface area contributed by atoms with Crippen molar-refractivity contribution in [2.24, 2.45) is 0 Å². The molecule has 1 aliphatic heterocycles. The highest BCUT2D eigenvalue weighted by Crippen LogP contribution is 2.23. The fourth-order valence-corrected chi connectivity index (χ4v) is 3.03. The minimum Gasteiger partial charge on any atom is -0.464 e. The zero-order valence-corrected chi connectivity index (χ0v) is 12.4. The first-order chi connectivity index (χ1) is 9.74. The Morgan fingerprint density at radius 3 is 2.95 bits per heavy atom. The number of nitrogens with zero attached hydrogens (tertiary/aromatic N) is 1. The minimum absolute atomic E-state index is 0.547. The van der Waals surface area contributed by atoms with Gasteiger partial charge < -0.3 is 9.73 Å². The lowest BCUT2D eigenvalue weighted by Crippen LogP contribution is -2.40. The molecule has 0 spiro atoms. The van der Waals surface area contributed by atoms with Crippen molar-refractivity contribution in [3.8, 4) is 0 Å². The van der Waals surface area contributed by atoms with Gasteiger partial charge in [0.2, 0.25) is 0 Å². The van der Waals surface area contributed by atoms with Gasteiger partial charge in [0.25, 0.3) is 0 Å². The number of hydrogen-bond donors (Lipinski definition) is 1. The number of nitrogens with one attached hydrogen (secondary N) is 1. The van der Waals surface area contributed by atoms with Gasteiger partial charge in [0, 0.05) is 36.1 Å². The Morgan fingerprint density at radius 1 is 1.35 bits per heavy atom. The molecule has 0 aliphatic carbocycles. The highest BCUT2D eigenvalue weighted by molar-refractivity contribution is 5.80. The van der Waals surface area contributed by atoms with Crippen LogP contribution in [-0.2, 0) is 6.54 Å². The molecule has 1 aromatic heterocycles. The fraction of sp³-hybridized carbons (Fsp3) is 0.529. The lowest BCUT2D eigenvalue weighted by atomic mass is 10.1. The van der Waals surface area contributed by atoms with Crippen molar-refractivity contribution in [1.29, 1.82) is 0 Å². The summed E-state index contributed by atoms with van der Waals surface area (Å²) < 4.78 is 5.66. The van der Waals surface area contributed by atoms with E-state index in [9.17, 15) is 0 Å². The number of rotatable bonds is 5. The molecule has 2 heterocycles. The van der Waals surface area contributed by atoms with Gasteiger partial charge in [-0.05, 0) is 39.3 Å². The molecule has 1 aliphatic rings. The smallest absolute Gasteiger partial charge is 0.134 e. The zero-order chi connectivity index (χ0) is 13.9. The maximum Gasteiger partial charge on any atom is 0.134 e. The Labute approximate surface area is 120 Å². The molecule has 1 N–H and O–H groups in total. The molecule has 1 fully saturated rings. The van der Waals surface area contributed by atoms with E-state index < -0.39 is 0 Å². The molecule has 108 valence electrons. The molecule has 1 unspecified atom stereocenters. The SMILES string of the molecule is CC(C)N(Cc1coc2ccccc12)CC1CCCN1. The van der Waals surface area contributed by atoms with Crippen LogP contribution in [0, 0.1) is 0 Å². The summed E-state index contributed by atoms with van der Waals surface area (Å²) in [5.74, 6) is 0. The predicted molar refractivity (Wildman–Crippen MR) is 82.8 cm³/mol. The van der Waals surface area contributed by atoms with Gasteiger partial charge in [0.15, 0.2) is 0 Å². The van der Waals surface area contributed by atoms with Crippen LogP contribution < -0.4 is 5.32 Å². The van der Waals surface area contributed by atoms with E-state index in [0.717, 1.165) is 18.7 Å². The van der Waals surface area contributed by atoms with Crippen LogP contribution in [0.5, 0.6) is 0 Å². The number of furan rings is 1. The van der Waals surface area contributed by atoms with Gasteiger partial charge in [-0.1, -0.05) is 18.2 Å². The summed E-state index contributed by atoms with van der Waals surface area (Å²) in [4.78, 5) is 2.54. The van der Waals surface area contributed by atoms with Crippen molar-refractivity contribution in [1.82, 2.24) is 10.2 Å². The topological polar surface area (TPSA) is 28.4 Å². The largest absolute Gasteiger partial charge is 0.464 e. The molecule has 1 aromatic carbocycles. The van der Waals surface area contributed by atoms with E-state index in [4.69, 9.17) is 4.42 Å². The molecule has 0 amide bonds. The number of hydrogen-bond acceptors (Lipinski definition) is 3. The van der Waals surface area contributed by atoms with Crippen molar-refractivity contribution < 1.29 is 4.42 Å². The Morgan fingerprint density at radius 2 is 2.20 bits per heavy atom. The molecule has 3 rings (SSSR count). The van der Waals surface area contributed by atoms with E-state index in [1.807, 2.05) is 18.4 Å². The van der Waals surface area contributed by atoms with Crippen LogP contribution in [0.25, 0.3) is 11.0 Å². The Hall–Kier alpha value is -1.32. The van der Waals surface area contributed by atoms with Gasteiger partial charge in [-0.2, -0.15) is 0 Å². The van der Waals surface area contributed by atoms with Crippen molar-refractivity contribution >= 4 is 11.0 Å². The molecule has 3 heteroatoms. The third kappa shape index (κ3) is 2.89. The fourth-order valence-electron chi connectivity index (χ4n) is 3.03. The highest BCUT2D eigenvalue weighted by atomic mass is 16.3. The lowest BCUT2D eigenvalue weighted by Gasteiger charge is -2.29. The first-order valence-electron chi connectivity index (χ1n) is 7.66. The molecule has 3 nitrogen and oxygen atoms in total. The first-order valence-corrected chi connectivity index (χ1v) is 7.66. The Balaban J connectivity index is 1.75. The van der Waals surface area contributed by atoms with E-state index in [0.29, 0.717) is 12.1 Å². The van der Waals surface area contributed by atoms with E-state index >= 15 is 0 Å². The Bertz CT molecular complexity index is 555. The van der Waals surface area contributed by atoms with E-state index in [1.165, 1.54) is 30.3 Å². The van der Waals surface area contributed by atoms with Gasteiger partial charge in [0.1, 0.15) is 5.58 Å². The standard InChI is InChI=1S/C17H24N2O/c1-13(2)19(11-15-6-5-9-18-15)10-14-12-20-17-8-4-3-7-16(14)17/h3-4,7-8,12-13,15,18H,5-6,9-11H2,1-2H3. The first kappa shape index (κ1) is 13.7. The van der Waals surface area contributed by atoms with Crippen LogP contribution in [0.2, 0.25) is 0 Å². The highest BCUT2D eigenvalue weighted by Gasteiger charge is 2.20. The van der Waals surface area contributed by atoms with Crippen LogP contribution >= 0.6 is 0 Å². The summed E-state index contributed by atoms with van der Waals surface area (Å²) in [6.07, 6.45) is 4.53. The summed E-state index contributed by atoms with van der Waals surface area (Å²) in [5.41, 5.74) is 2.29. The quantitative estimate of drug-likeness (QED) is 0.904. The second-order valence-electron chi connectivity index (χ2n) is 6.07. The molecular weight excluding hydrogens is 248 g/mol. The molecule has 0 bridgehead atoms. The summed E-state index contributed by atoms with van der Waals surface area (Å²) in [6, 6.07) is 9.50. The van der Waals surface area contributed by atoms with Gasteiger partial charge in [-0.15, -0.1) is 0 Å². The van der Waals surface area contributed by atoms with Crippen LogP contribution in [0.4, 0.5) is 0 Å². The molecule has 0 radical (unpaired) electrons. The maximum atomic E-state index is 5.66. The van der Waals surface area contributed by atoms with Crippen LogP contribution in [0.3, 0.4) is 0 Å². The lowest BCUT2D eigenvalue weighted by molar-refractivity contribution is 0.194. The van der Waals surface area contributed by atoms with Crippen molar-refractivity contribution in [3.63, 3.8) is 0 Å². The summed E-state index contributed by atoms with van der Waals surface area (Å²) in [5, 5.41) is 4.84. The van der Waals surface area contributed by atoms with Gasteiger partial charge in [-0.25, -0.2) is 0 Å². The molecule has 1 atom stereocenters. The van der Waals surface area contributed by atoms with E-state index in [1.54, 1.807) is 0 Å². The van der Waals surface area contributed by atoms with Gasteiger partial charge >= 0.3 is 0 Å². The van der Waals surface area contributed by atoms with E-state index in [-0.39, 0.29) is 0 Å². The van der Waals surface area contributed by atoms with Crippen molar-refractivity contribution in [3.05, 3.63) is 36.1 Å². The molecule has 0 saturated carbocycles. The third-order valence-electron chi connectivity index (χ3n) is 4.28. The minimum atomic E-state index is 0.547. The molecule has 2 aromatic rings. The monoisotopic (exact) mass is 272 g/mol. The van der Waals surface area contributed by atoms with Crippen LogP contribution in [-0.4, -0.2) is 30.1 Å². The third-order valence-corrected chi connectivity index (χ3v) is 4.28. The average molecular weight is 272 g/mol. The summed E-state index contributed by atoms with van der Waals surface area (Å²) >= 11 is 0. The summed E-state index contributed by atoms with van der Waals surface area (Å²) in [6.45, 7) is 7.81. The number of para-hydroxylation sites is 1. The molecular formula is C17H24N2O. The van der Waals surface area contributed by atoms with Gasteiger partial charge in [0.05, 0.1) is 6.26 Å². The predicted octanol–water partition coefficient (Wildman–Crippen LogP) is 3.40. The van der Waals surface area contributed by atoms with Crippen LogP contribution in [0.1, 0.15) is 32.3 Å². The second-order valence-corrected chi connectivity index (χ2v) is 6.07. The molecule has 1 saturated heterocycles. The second kappa shape index (κ2) is 5.98. The maximum absolute atomic E-state index is 5.66. The van der Waals surface area contributed by atoms with Crippen LogP contribution in [0.15, 0.2) is 34.9 Å². The van der Waals surface area contributed by atoms with Crippen molar-refractivity contribution in [2.75, 3.05) is 13.1 Å². The number of benzene rings is 1.